The van der Waals surface area contributed by atoms with E-state index in [2.05, 4.69) is 5.32 Å². The van der Waals surface area contributed by atoms with Crippen LogP contribution in [-0.2, 0) is 0 Å². The number of benzene rings is 1. The molecule has 0 aliphatic carbocycles. The van der Waals surface area contributed by atoms with Crippen LogP contribution in [0.25, 0.3) is 0 Å². The monoisotopic (exact) mass is 206 g/mol. The molecule has 0 unspecified atom stereocenters. The molecule has 1 saturated heterocycles. The molecule has 14 heavy (non-hydrogen) atoms. The average molecular weight is 206 g/mol. The summed E-state index contributed by atoms with van der Waals surface area (Å²) in [5.74, 6) is 0. The van der Waals surface area contributed by atoms with Gasteiger partial charge in [0.1, 0.15) is 6.29 Å². The number of carbonyl (C=O) groups excluding carboxylic acids is 1. The van der Waals surface area contributed by atoms with Gasteiger partial charge in [-0.05, 0) is 36.5 Å². The summed E-state index contributed by atoms with van der Waals surface area (Å²) < 4.78 is 0. The van der Waals surface area contributed by atoms with Crippen LogP contribution in [0.3, 0.4) is 0 Å². The second kappa shape index (κ2) is 3.75. The molecule has 0 saturated carbocycles. The fourth-order valence-corrected chi connectivity index (χ4v) is 1.75. The molecule has 0 bridgehead atoms. The Bertz CT molecular complexity index is 361. The maximum atomic E-state index is 10.5. The van der Waals surface area contributed by atoms with Gasteiger partial charge in [-0.1, -0.05) is 0 Å². The Morgan fingerprint density at radius 2 is 2.07 bits per heavy atom. The van der Waals surface area contributed by atoms with Crippen molar-refractivity contribution in [2.45, 2.75) is 0 Å². The number of aldehydes is 1. The van der Waals surface area contributed by atoms with Crippen LogP contribution in [0.4, 0.5) is 5.69 Å². The van der Waals surface area contributed by atoms with Crippen molar-refractivity contribution >= 4 is 29.3 Å². The third-order valence-corrected chi connectivity index (χ3v) is 2.56. The first-order chi connectivity index (χ1) is 6.81. The molecule has 0 amide bonds. The summed E-state index contributed by atoms with van der Waals surface area (Å²) in [6.07, 6.45) is 0.838. The van der Waals surface area contributed by atoms with Crippen molar-refractivity contribution in [3.05, 3.63) is 29.8 Å². The van der Waals surface area contributed by atoms with Gasteiger partial charge in [0.2, 0.25) is 0 Å². The molecule has 1 aromatic carbocycles. The predicted octanol–water partition coefficient (Wildman–Crippen LogP) is 1.19. The second-order valence-corrected chi connectivity index (χ2v) is 3.48. The van der Waals surface area contributed by atoms with Crippen molar-refractivity contribution in [2.75, 3.05) is 18.0 Å². The van der Waals surface area contributed by atoms with Gasteiger partial charge in [0, 0.05) is 24.3 Å². The number of hydrogen-bond donors (Lipinski definition) is 1. The molecule has 1 aromatic rings. The molecule has 1 aliphatic rings. The highest BCUT2D eigenvalue weighted by Crippen LogP contribution is 2.16. The van der Waals surface area contributed by atoms with Crippen molar-refractivity contribution in [3.8, 4) is 0 Å². The number of anilines is 1. The van der Waals surface area contributed by atoms with Gasteiger partial charge in [0.15, 0.2) is 5.11 Å². The Morgan fingerprint density at radius 3 is 2.57 bits per heavy atom. The molecule has 1 heterocycles. The largest absolute Gasteiger partial charge is 0.360 e. The molecule has 0 radical (unpaired) electrons. The van der Waals surface area contributed by atoms with Crippen LogP contribution < -0.4 is 10.2 Å². The number of nitrogens with zero attached hydrogens (tertiary/aromatic N) is 1. The number of hydrogen-bond acceptors (Lipinski definition) is 2. The highest BCUT2D eigenvalue weighted by atomic mass is 32.1. The van der Waals surface area contributed by atoms with Crippen LogP contribution in [0.1, 0.15) is 10.4 Å². The zero-order chi connectivity index (χ0) is 9.97. The summed E-state index contributed by atoms with van der Waals surface area (Å²) in [5, 5.41) is 3.84. The fraction of sp³-hybridized carbons (Fsp3) is 0.200. The van der Waals surface area contributed by atoms with E-state index >= 15 is 0 Å². The van der Waals surface area contributed by atoms with Gasteiger partial charge in [-0.15, -0.1) is 0 Å². The fourth-order valence-electron chi connectivity index (χ4n) is 1.45. The topological polar surface area (TPSA) is 32.3 Å². The molecule has 0 aromatic heterocycles. The molecule has 0 spiro atoms. The number of carbonyl (C=O) groups is 1. The highest BCUT2D eigenvalue weighted by Gasteiger charge is 2.16. The lowest BCUT2D eigenvalue weighted by Gasteiger charge is -2.16. The maximum Gasteiger partial charge on any atom is 0.173 e. The minimum Gasteiger partial charge on any atom is -0.360 e. The van der Waals surface area contributed by atoms with Gasteiger partial charge in [0.05, 0.1) is 0 Å². The molecule has 2 rings (SSSR count). The summed E-state index contributed by atoms with van der Waals surface area (Å²) in [6, 6.07) is 7.40. The van der Waals surface area contributed by atoms with Crippen molar-refractivity contribution in [1.82, 2.24) is 5.32 Å². The predicted molar refractivity (Wildman–Crippen MR) is 59.8 cm³/mol. The SMILES string of the molecule is O=Cc1ccc(N2CCNC2=S)cc1. The standard InChI is InChI=1S/C10H10N2OS/c13-7-8-1-3-9(4-2-8)12-6-5-11-10(12)14/h1-4,7H,5-6H2,(H,11,14). The van der Waals surface area contributed by atoms with Gasteiger partial charge in [-0.25, -0.2) is 0 Å². The van der Waals surface area contributed by atoms with Gasteiger partial charge < -0.3 is 10.2 Å². The van der Waals surface area contributed by atoms with Gasteiger partial charge >= 0.3 is 0 Å². The zero-order valence-corrected chi connectivity index (χ0v) is 8.38. The average Bonchev–Trinajstić information content (AvgIpc) is 2.65. The molecule has 3 nitrogen and oxygen atoms in total. The second-order valence-electron chi connectivity index (χ2n) is 3.09. The van der Waals surface area contributed by atoms with Crippen molar-refractivity contribution in [1.29, 1.82) is 0 Å². The van der Waals surface area contributed by atoms with E-state index in [9.17, 15) is 4.79 Å². The van der Waals surface area contributed by atoms with Crippen LogP contribution in [0, 0.1) is 0 Å². The Balaban J connectivity index is 2.24. The Kier molecular flexibility index (Phi) is 2.45. The maximum absolute atomic E-state index is 10.5. The lowest BCUT2D eigenvalue weighted by Crippen LogP contribution is -2.27. The molecular weight excluding hydrogens is 196 g/mol. The Morgan fingerprint density at radius 1 is 1.36 bits per heavy atom. The van der Waals surface area contributed by atoms with E-state index in [1.807, 2.05) is 17.0 Å². The smallest absolute Gasteiger partial charge is 0.173 e. The quantitative estimate of drug-likeness (QED) is 0.582. The van der Waals surface area contributed by atoms with E-state index in [1.165, 1.54) is 0 Å². The van der Waals surface area contributed by atoms with Crippen molar-refractivity contribution < 1.29 is 4.79 Å². The van der Waals surface area contributed by atoms with E-state index in [1.54, 1.807) is 12.1 Å². The summed E-state index contributed by atoms with van der Waals surface area (Å²) in [6.45, 7) is 1.77. The van der Waals surface area contributed by atoms with E-state index < -0.39 is 0 Å². The molecule has 1 N–H and O–H groups in total. The molecular formula is C10H10N2OS. The van der Waals surface area contributed by atoms with Crippen LogP contribution in [0.5, 0.6) is 0 Å². The molecule has 1 aliphatic heterocycles. The van der Waals surface area contributed by atoms with Crippen LogP contribution in [0.2, 0.25) is 0 Å². The lowest BCUT2D eigenvalue weighted by molar-refractivity contribution is 0.112. The minimum absolute atomic E-state index is 0.687. The van der Waals surface area contributed by atoms with Gasteiger partial charge in [-0.3, -0.25) is 4.79 Å². The summed E-state index contributed by atoms with van der Waals surface area (Å²) in [5.41, 5.74) is 1.72. The van der Waals surface area contributed by atoms with E-state index in [-0.39, 0.29) is 0 Å². The molecule has 4 heteroatoms. The normalized spacial score (nSPS) is 15.4. The summed E-state index contributed by atoms with van der Waals surface area (Å²) in [4.78, 5) is 12.5. The van der Waals surface area contributed by atoms with Gasteiger partial charge in [-0.2, -0.15) is 0 Å². The first-order valence-electron chi connectivity index (χ1n) is 4.42. The number of rotatable bonds is 2. The number of thiocarbonyl (C=S) groups is 1. The first kappa shape index (κ1) is 9.15. The lowest BCUT2D eigenvalue weighted by atomic mass is 10.2. The van der Waals surface area contributed by atoms with E-state index in [0.717, 1.165) is 30.2 Å². The molecule has 1 fully saturated rings. The highest BCUT2D eigenvalue weighted by molar-refractivity contribution is 7.80. The Labute approximate surface area is 87.7 Å². The zero-order valence-electron chi connectivity index (χ0n) is 7.56. The van der Waals surface area contributed by atoms with E-state index in [4.69, 9.17) is 12.2 Å². The number of nitrogens with one attached hydrogen (secondary N) is 1. The molecule has 0 atom stereocenters. The Hall–Kier alpha value is -1.42. The van der Waals surface area contributed by atoms with Crippen molar-refractivity contribution in [3.63, 3.8) is 0 Å². The third-order valence-electron chi connectivity index (χ3n) is 2.20. The summed E-state index contributed by atoms with van der Waals surface area (Å²) >= 11 is 5.13. The first-order valence-corrected chi connectivity index (χ1v) is 4.83. The molecule has 72 valence electrons. The summed E-state index contributed by atoms with van der Waals surface area (Å²) in [7, 11) is 0. The minimum atomic E-state index is 0.687. The van der Waals surface area contributed by atoms with E-state index in [0.29, 0.717) is 5.56 Å². The van der Waals surface area contributed by atoms with Crippen molar-refractivity contribution in [2.24, 2.45) is 0 Å². The van der Waals surface area contributed by atoms with Crippen LogP contribution >= 0.6 is 12.2 Å². The van der Waals surface area contributed by atoms with Crippen LogP contribution in [0.15, 0.2) is 24.3 Å². The third kappa shape index (κ3) is 1.61. The van der Waals surface area contributed by atoms with Gasteiger partial charge in [0.25, 0.3) is 0 Å². The van der Waals surface area contributed by atoms with Crippen LogP contribution in [-0.4, -0.2) is 24.5 Å².